The third-order valence-electron chi connectivity index (χ3n) is 1.98. The summed E-state index contributed by atoms with van der Waals surface area (Å²) in [5, 5.41) is 2.09. The zero-order valence-corrected chi connectivity index (χ0v) is 11.2. The van der Waals surface area contributed by atoms with Gasteiger partial charge < -0.3 is 4.90 Å². The molecule has 0 bridgehead atoms. The van der Waals surface area contributed by atoms with Crippen molar-refractivity contribution in [3.05, 3.63) is 38.5 Å². The van der Waals surface area contributed by atoms with Crippen LogP contribution in [0.5, 0.6) is 0 Å². The average Bonchev–Trinajstić information content (AvgIpc) is 2.71. The van der Waals surface area contributed by atoms with Crippen molar-refractivity contribution < 1.29 is 0 Å². The summed E-state index contributed by atoms with van der Waals surface area (Å²) in [6.07, 6.45) is 3.41. The minimum atomic E-state index is 0.894. The van der Waals surface area contributed by atoms with Crippen LogP contribution in [-0.4, -0.2) is 17.0 Å². The van der Waals surface area contributed by atoms with E-state index in [2.05, 4.69) is 55.0 Å². The van der Waals surface area contributed by atoms with Gasteiger partial charge in [-0.1, -0.05) is 6.07 Å². The Bertz CT molecular complexity index is 430. The molecule has 5 heteroatoms. The largest absolute Gasteiger partial charge is 0.354 e. The molecule has 15 heavy (non-hydrogen) atoms. The van der Waals surface area contributed by atoms with E-state index in [0.29, 0.717) is 0 Å². The first-order valence-electron chi connectivity index (χ1n) is 4.46. The molecule has 2 heterocycles. The van der Waals surface area contributed by atoms with E-state index in [4.69, 9.17) is 0 Å². The molecule has 0 amide bonds. The predicted molar refractivity (Wildman–Crippen MR) is 71.2 cm³/mol. The maximum absolute atomic E-state index is 4.27. The van der Waals surface area contributed by atoms with Gasteiger partial charge in [0.05, 0.1) is 10.1 Å². The normalized spacial score (nSPS) is 10.3. The van der Waals surface area contributed by atoms with Crippen LogP contribution < -0.4 is 4.90 Å². The Kier molecular flexibility index (Phi) is 3.53. The maximum atomic E-state index is 4.27. The van der Waals surface area contributed by atoms with Crippen molar-refractivity contribution in [1.82, 2.24) is 9.97 Å². The summed E-state index contributed by atoms with van der Waals surface area (Å²) >= 11 is 4.02. The molecule has 0 unspecified atom stereocenters. The Hall–Kier alpha value is -0.690. The Balaban J connectivity index is 2.15. The van der Waals surface area contributed by atoms with Crippen LogP contribution in [0.4, 0.5) is 5.82 Å². The van der Waals surface area contributed by atoms with Gasteiger partial charge in [-0.2, -0.15) is 0 Å². The van der Waals surface area contributed by atoms with Crippen molar-refractivity contribution in [2.24, 2.45) is 0 Å². The lowest BCUT2D eigenvalue weighted by Gasteiger charge is -2.17. The fourth-order valence-corrected chi connectivity index (χ4v) is 2.77. The van der Waals surface area contributed by atoms with Crippen molar-refractivity contribution in [2.75, 3.05) is 11.9 Å². The van der Waals surface area contributed by atoms with E-state index in [0.717, 1.165) is 15.9 Å². The lowest BCUT2D eigenvalue weighted by Crippen LogP contribution is -2.18. The highest BCUT2D eigenvalue weighted by Gasteiger charge is 2.07. The summed E-state index contributed by atoms with van der Waals surface area (Å²) in [6.45, 7) is 0.894. The third-order valence-corrected chi connectivity index (χ3v) is 3.60. The topological polar surface area (TPSA) is 29.0 Å². The molecule has 78 valence electrons. The smallest absolute Gasteiger partial charge is 0.145 e. The molecule has 0 radical (unpaired) electrons. The van der Waals surface area contributed by atoms with E-state index in [-0.39, 0.29) is 0 Å². The summed E-state index contributed by atoms with van der Waals surface area (Å²) < 4.78 is 1.08. The van der Waals surface area contributed by atoms with E-state index in [1.54, 1.807) is 17.7 Å². The summed E-state index contributed by atoms with van der Waals surface area (Å²) in [4.78, 5) is 11.7. The summed E-state index contributed by atoms with van der Waals surface area (Å²) in [7, 11) is 2.05. The molecule has 0 N–H and O–H groups in total. The number of hydrogen-bond donors (Lipinski definition) is 0. The van der Waals surface area contributed by atoms with E-state index in [1.807, 2.05) is 13.2 Å². The molecule has 0 aliphatic heterocycles. The van der Waals surface area contributed by atoms with Gasteiger partial charge in [-0.25, -0.2) is 9.97 Å². The second-order valence-corrected chi connectivity index (χ2v) is 5.32. The van der Waals surface area contributed by atoms with Crippen molar-refractivity contribution in [1.29, 1.82) is 0 Å². The quantitative estimate of drug-likeness (QED) is 0.810. The first-order chi connectivity index (χ1) is 7.27. The van der Waals surface area contributed by atoms with Crippen molar-refractivity contribution >= 4 is 39.7 Å². The van der Waals surface area contributed by atoms with Gasteiger partial charge in [0.15, 0.2) is 0 Å². The van der Waals surface area contributed by atoms with Crippen LogP contribution in [0.15, 0.2) is 30.0 Å². The van der Waals surface area contributed by atoms with Gasteiger partial charge >= 0.3 is 0 Å². The van der Waals surface area contributed by atoms with E-state index < -0.39 is 0 Å². The fourth-order valence-electron chi connectivity index (χ4n) is 1.30. The molecule has 2 aromatic rings. The van der Waals surface area contributed by atoms with Crippen LogP contribution in [0.2, 0.25) is 0 Å². The zero-order chi connectivity index (χ0) is 10.7. The molecule has 0 aliphatic rings. The van der Waals surface area contributed by atoms with Crippen LogP contribution in [0.25, 0.3) is 0 Å². The van der Waals surface area contributed by atoms with Gasteiger partial charge in [0, 0.05) is 18.1 Å². The molecule has 0 saturated heterocycles. The lowest BCUT2D eigenvalue weighted by molar-refractivity contribution is 0.898. The van der Waals surface area contributed by atoms with E-state index in [1.165, 1.54) is 4.88 Å². The number of hydrogen-bond acceptors (Lipinski definition) is 4. The molecule has 0 saturated carbocycles. The van der Waals surface area contributed by atoms with E-state index in [9.17, 15) is 0 Å². The summed E-state index contributed by atoms with van der Waals surface area (Å²) in [5.74, 6) is 0.985. The lowest BCUT2D eigenvalue weighted by atomic mass is 10.4. The van der Waals surface area contributed by atoms with Crippen LogP contribution in [-0.2, 0) is 6.54 Å². The SMILES string of the molecule is CN(Cc1cccs1)c1ncncc1I. The highest BCUT2D eigenvalue weighted by Crippen LogP contribution is 2.20. The molecule has 2 aromatic heterocycles. The van der Waals surface area contributed by atoms with Crippen molar-refractivity contribution in [3.8, 4) is 0 Å². The number of thiophene rings is 1. The first kappa shape index (κ1) is 10.8. The first-order valence-corrected chi connectivity index (χ1v) is 6.42. The number of anilines is 1. The van der Waals surface area contributed by atoms with Gasteiger partial charge in [-0.05, 0) is 34.0 Å². The van der Waals surface area contributed by atoms with Crippen molar-refractivity contribution in [3.63, 3.8) is 0 Å². The molecular formula is C10H10IN3S. The second-order valence-electron chi connectivity index (χ2n) is 3.13. The molecule has 2 rings (SSSR count). The second kappa shape index (κ2) is 4.89. The molecule has 3 nitrogen and oxygen atoms in total. The molecule has 0 aliphatic carbocycles. The van der Waals surface area contributed by atoms with Gasteiger partial charge in [0.1, 0.15) is 12.1 Å². The van der Waals surface area contributed by atoms with Crippen molar-refractivity contribution in [2.45, 2.75) is 6.54 Å². The zero-order valence-electron chi connectivity index (χ0n) is 8.22. The number of aromatic nitrogens is 2. The molecule has 0 aromatic carbocycles. The highest BCUT2D eigenvalue weighted by atomic mass is 127. The Morgan fingerprint density at radius 3 is 3.07 bits per heavy atom. The van der Waals surface area contributed by atoms with Crippen LogP contribution in [0.3, 0.4) is 0 Å². The Labute approximate surface area is 106 Å². The highest BCUT2D eigenvalue weighted by molar-refractivity contribution is 14.1. The van der Waals surface area contributed by atoms with Crippen LogP contribution >= 0.6 is 33.9 Å². The number of halogens is 1. The van der Waals surface area contributed by atoms with Gasteiger partial charge in [-0.15, -0.1) is 11.3 Å². The fraction of sp³-hybridized carbons (Fsp3) is 0.200. The van der Waals surface area contributed by atoms with Gasteiger partial charge in [-0.3, -0.25) is 0 Å². The standard InChI is InChI=1S/C10H10IN3S/c1-14(6-8-3-2-4-15-8)10-9(11)5-12-7-13-10/h2-5,7H,6H2,1H3. The van der Waals surface area contributed by atoms with E-state index >= 15 is 0 Å². The van der Waals surface area contributed by atoms with Crippen LogP contribution in [0, 0.1) is 3.57 Å². The predicted octanol–water partition coefficient (Wildman–Crippen LogP) is 2.78. The van der Waals surface area contributed by atoms with Gasteiger partial charge in [0.25, 0.3) is 0 Å². The third kappa shape index (κ3) is 2.66. The molecule has 0 fully saturated rings. The number of rotatable bonds is 3. The van der Waals surface area contributed by atoms with Crippen LogP contribution in [0.1, 0.15) is 4.88 Å². The molecule has 0 spiro atoms. The number of nitrogens with zero attached hydrogens (tertiary/aromatic N) is 3. The molecule has 0 atom stereocenters. The summed E-state index contributed by atoms with van der Waals surface area (Å²) in [6, 6.07) is 4.20. The monoisotopic (exact) mass is 331 g/mol. The Morgan fingerprint density at radius 1 is 1.53 bits per heavy atom. The van der Waals surface area contributed by atoms with Gasteiger partial charge in [0.2, 0.25) is 0 Å². The minimum Gasteiger partial charge on any atom is -0.354 e. The summed E-state index contributed by atoms with van der Waals surface area (Å²) in [5.41, 5.74) is 0. The minimum absolute atomic E-state index is 0.894. The average molecular weight is 331 g/mol. The Morgan fingerprint density at radius 2 is 2.40 bits per heavy atom. The maximum Gasteiger partial charge on any atom is 0.145 e. The molecular weight excluding hydrogens is 321 g/mol.